The molecular weight excluding hydrogens is 876 g/mol. The molecule has 0 bridgehead atoms. The van der Waals surface area contributed by atoms with Gasteiger partial charge in [0.05, 0.1) is 0 Å². The van der Waals surface area contributed by atoms with Crippen LogP contribution < -0.4 is 48.8 Å². The summed E-state index contributed by atoms with van der Waals surface area (Å²) >= 11 is 0. The molecule has 0 aliphatic heterocycles. The Morgan fingerprint density at radius 1 is 0.474 bits per heavy atom. The summed E-state index contributed by atoms with van der Waals surface area (Å²) in [5.74, 6) is -1.43. The lowest BCUT2D eigenvalue weighted by molar-refractivity contribution is -0.138. The molecule has 6 aromatic rings. The summed E-state index contributed by atoms with van der Waals surface area (Å²) in [6, 6.07) is 60.7. The number of carboxylic acid groups (broad SMARTS) is 2. The first-order chi connectivity index (χ1) is 26.8. The van der Waals surface area contributed by atoms with Gasteiger partial charge in [0.15, 0.2) is 7.41 Å². The predicted octanol–water partition coefficient (Wildman–Crippen LogP) is 6.08. The maximum Gasteiger partial charge on any atom is 0.303 e. The Morgan fingerprint density at radius 2 is 0.789 bits per heavy atom. The fraction of sp³-hybridized carbons (Fsp3) is 0.208. The van der Waals surface area contributed by atoms with E-state index in [2.05, 4.69) is 189 Å². The van der Waals surface area contributed by atoms with Crippen molar-refractivity contribution < 1.29 is 36.8 Å². The van der Waals surface area contributed by atoms with Gasteiger partial charge in [0.2, 0.25) is 0 Å². The highest BCUT2D eigenvalue weighted by molar-refractivity contribution is 8.93. The normalized spacial score (nSPS) is 10.8. The number of aryl methyl sites for hydroxylation is 2. The smallest absolute Gasteiger partial charge is 0.303 e. The van der Waals surface area contributed by atoms with Crippen LogP contribution in [0, 0.1) is 0 Å². The molecule has 0 atom stereocenters. The first kappa shape index (κ1) is 47.4. The maximum absolute atomic E-state index is 10.7. The number of nitrogens with zero attached hydrogens (tertiary/aromatic N) is 1. The number of hydrogen-bond donors (Lipinski definition) is 2. The summed E-state index contributed by atoms with van der Waals surface area (Å²) in [5, 5.41) is 25.6. The van der Waals surface area contributed by atoms with Gasteiger partial charge in [-0.25, -0.2) is 0 Å². The molecule has 0 radical (unpaired) electrons. The molecule has 298 valence electrons. The van der Waals surface area contributed by atoms with Crippen LogP contribution in [0.4, 0.5) is 0 Å². The van der Waals surface area contributed by atoms with Gasteiger partial charge in [-0.1, -0.05) is 133 Å². The summed E-state index contributed by atoms with van der Waals surface area (Å²) < 4.78 is 2.39. The van der Waals surface area contributed by atoms with Gasteiger partial charge in [-0.15, -0.1) is 17.0 Å². The number of rotatable bonds is 17. The third-order valence-corrected chi connectivity index (χ3v) is 16.4. The summed E-state index contributed by atoms with van der Waals surface area (Å²) in [6.07, 6.45) is 5.62. The van der Waals surface area contributed by atoms with E-state index in [0.29, 0.717) is 0 Å². The molecule has 57 heavy (non-hydrogen) atoms. The van der Waals surface area contributed by atoms with Crippen molar-refractivity contribution in [3.63, 3.8) is 0 Å². The number of carbonyl (C=O) groups is 2. The standard InChI is InChI=1S/C25H28NO2P.C23H23O2P.2BrH/c1-26(2)29(22-12-5-3-6-13-22,23-14-7-4-8-15-23)24-19-17-21(18-20-24)11-9-10-16-25(27)28;24-23(25)14-8-7-9-19-15-17-22(18-16-19)26(20-10-3-1-4-11-20)21-12-5-2-6-13-21;;/h3-8,12-15,17-20H,9-11,16H2,1-2H3;1-6,10-13,15-18H,7-9,14H2,(H,24,25);2*1H. The minimum atomic E-state index is -1.93. The summed E-state index contributed by atoms with van der Waals surface area (Å²) in [7, 11) is 1.85. The van der Waals surface area contributed by atoms with E-state index in [1.165, 1.54) is 43.0 Å². The number of unbranched alkanes of at least 4 members (excludes halogenated alkanes) is 2. The van der Waals surface area contributed by atoms with Crippen LogP contribution >= 0.6 is 32.3 Å². The van der Waals surface area contributed by atoms with Crippen molar-refractivity contribution in [3.05, 3.63) is 181 Å². The molecule has 2 N–H and O–H groups in total. The van der Waals surface area contributed by atoms with Crippen LogP contribution in [0.15, 0.2) is 170 Å². The molecule has 0 saturated carbocycles. The molecule has 0 fully saturated rings. The summed E-state index contributed by atoms with van der Waals surface area (Å²) in [5.41, 5.74) is 2.53. The van der Waals surface area contributed by atoms with E-state index >= 15 is 0 Å². The van der Waals surface area contributed by atoms with Gasteiger partial charge in [0.25, 0.3) is 0 Å². The quantitative estimate of drug-likeness (QED) is 0.0858. The minimum absolute atomic E-state index is 0. The Morgan fingerprint density at radius 3 is 1.14 bits per heavy atom. The van der Waals surface area contributed by atoms with E-state index in [1.54, 1.807) is 0 Å². The molecule has 0 aromatic heterocycles. The van der Waals surface area contributed by atoms with Gasteiger partial charge in [-0.05, 0) is 110 Å². The lowest BCUT2D eigenvalue weighted by atomic mass is 10.1. The van der Waals surface area contributed by atoms with Crippen molar-refractivity contribution in [1.29, 1.82) is 0 Å². The number of aliphatic carboxylic acids is 2. The Balaban J connectivity index is 0.000000297. The van der Waals surface area contributed by atoms with Crippen molar-refractivity contribution in [3.8, 4) is 0 Å². The Hall–Kier alpha value is -3.96. The molecule has 0 aliphatic carbocycles. The van der Waals surface area contributed by atoms with Crippen LogP contribution in [0.1, 0.15) is 49.7 Å². The second-order valence-electron chi connectivity index (χ2n) is 13.7. The first-order valence-corrected chi connectivity index (χ1v) is 22.1. The second-order valence-corrected chi connectivity index (χ2v) is 19.5. The van der Waals surface area contributed by atoms with Crippen molar-refractivity contribution in [2.75, 3.05) is 14.1 Å². The third-order valence-electron chi connectivity index (χ3n) is 9.61. The van der Waals surface area contributed by atoms with Gasteiger partial charge in [0.1, 0.15) is 15.9 Å². The van der Waals surface area contributed by atoms with Crippen molar-refractivity contribution in [1.82, 2.24) is 4.67 Å². The Labute approximate surface area is 361 Å². The second kappa shape index (κ2) is 24.7. The highest BCUT2D eigenvalue weighted by atomic mass is 79.9. The molecule has 6 aromatic carbocycles. The van der Waals surface area contributed by atoms with E-state index in [-0.39, 0.29) is 46.8 Å². The number of halogens is 2. The molecular formula is C48H53Br2NO4P2. The average molecular weight is 930 g/mol. The minimum Gasteiger partial charge on any atom is -1.00 e. The monoisotopic (exact) mass is 927 g/mol. The van der Waals surface area contributed by atoms with E-state index in [9.17, 15) is 9.59 Å². The van der Waals surface area contributed by atoms with Gasteiger partial charge >= 0.3 is 11.9 Å². The number of carboxylic acids is 2. The van der Waals surface area contributed by atoms with E-state index in [0.717, 1.165) is 38.5 Å². The van der Waals surface area contributed by atoms with Crippen LogP contribution in [0.25, 0.3) is 0 Å². The molecule has 0 unspecified atom stereocenters. The zero-order valence-corrected chi connectivity index (χ0v) is 37.7. The highest BCUT2D eigenvalue weighted by Gasteiger charge is 2.48. The van der Waals surface area contributed by atoms with E-state index < -0.39 is 27.3 Å². The number of hydrogen-bond acceptors (Lipinski definition) is 3. The average Bonchev–Trinajstić information content (AvgIpc) is 3.21. The Bertz CT molecular complexity index is 1960. The first-order valence-electron chi connectivity index (χ1n) is 19.0. The van der Waals surface area contributed by atoms with Crippen molar-refractivity contribution in [2.45, 2.75) is 51.4 Å². The zero-order chi connectivity index (χ0) is 38.9. The van der Waals surface area contributed by atoms with Gasteiger partial charge in [0, 0.05) is 26.9 Å². The molecule has 5 nitrogen and oxygen atoms in total. The third kappa shape index (κ3) is 13.6. The molecule has 0 saturated heterocycles. The maximum atomic E-state index is 10.7. The number of benzene rings is 6. The SMILES string of the molecule is Br.CN(C)[P+](c1ccccc1)(c1ccccc1)c1ccc(CCCCC(=O)O)cc1.O=C(O)CCCCc1ccc(P(c2ccccc2)c2ccccc2)cc1.[Br-]. The molecule has 0 amide bonds. The van der Waals surface area contributed by atoms with Crippen LogP contribution in [0.3, 0.4) is 0 Å². The Kier molecular flexibility index (Phi) is 20.6. The van der Waals surface area contributed by atoms with Gasteiger partial charge in [-0.3, -0.25) is 9.59 Å². The van der Waals surface area contributed by atoms with E-state index in [4.69, 9.17) is 10.2 Å². The fourth-order valence-corrected chi connectivity index (χ4v) is 13.3. The molecule has 6 rings (SSSR count). The molecule has 0 heterocycles. The lowest BCUT2D eigenvalue weighted by Gasteiger charge is -2.32. The van der Waals surface area contributed by atoms with E-state index in [1.807, 2.05) is 0 Å². The zero-order valence-electron chi connectivity index (χ0n) is 32.7. The molecule has 9 heteroatoms. The summed E-state index contributed by atoms with van der Waals surface area (Å²) in [6.45, 7) is 0. The van der Waals surface area contributed by atoms with Crippen LogP contribution in [0.2, 0.25) is 0 Å². The molecule has 0 aliphatic rings. The van der Waals surface area contributed by atoms with Gasteiger partial charge < -0.3 is 27.2 Å². The lowest BCUT2D eigenvalue weighted by Crippen LogP contribution is -3.00. The van der Waals surface area contributed by atoms with Crippen molar-refractivity contribution >= 4 is 76.1 Å². The fourth-order valence-electron chi connectivity index (χ4n) is 6.93. The van der Waals surface area contributed by atoms with Crippen LogP contribution in [-0.4, -0.2) is 40.9 Å². The van der Waals surface area contributed by atoms with Gasteiger partial charge in [-0.2, -0.15) is 4.67 Å². The van der Waals surface area contributed by atoms with Crippen LogP contribution in [0.5, 0.6) is 0 Å². The van der Waals surface area contributed by atoms with Crippen molar-refractivity contribution in [2.24, 2.45) is 0 Å². The highest BCUT2D eigenvalue weighted by Crippen LogP contribution is 2.56. The summed E-state index contributed by atoms with van der Waals surface area (Å²) in [4.78, 5) is 21.3. The largest absolute Gasteiger partial charge is 1.00 e. The topological polar surface area (TPSA) is 77.8 Å². The molecule has 0 spiro atoms. The van der Waals surface area contributed by atoms with Crippen LogP contribution in [-0.2, 0) is 22.4 Å². The predicted molar refractivity (Wildman–Crippen MR) is 245 cm³/mol.